The van der Waals surface area contributed by atoms with E-state index in [1.165, 1.54) is 19.0 Å². The van der Waals surface area contributed by atoms with Crippen molar-refractivity contribution in [3.63, 3.8) is 0 Å². The second kappa shape index (κ2) is 5.10. The normalized spacial score (nSPS) is 18.4. The summed E-state index contributed by atoms with van der Waals surface area (Å²) in [5, 5.41) is 0. The summed E-state index contributed by atoms with van der Waals surface area (Å²) in [5.74, 6) is -0.759. The van der Waals surface area contributed by atoms with Crippen molar-refractivity contribution in [2.75, 3.05) is 14.1 Å². The molecule has 1 aliphatic rings. The topological polar surface area (TPSA) is 70.1 Å². The standard InChI is InChI=1S/C11H10ClN3O3S/c1-14-8(5-9(16)15(2)11(14)18)13-10(17)6-3-4-7(12)19-6/h3-4H,5H2,1-2H3. The van der Waals surface area contributed by atoms with Gasteiger partial charge in [-0.15, -0.1) is 11.3 Å². The van der Waals surface area contributed by atoms with E-state index >= 15 is 0 Å². The van der Waals surface area contributed by atoms with Gasteiger partial charge in [-0.3, -0.25) is 19.4 Å². The Balaban J connectivity index is 2.25. The molecule has 1 fully saturated rings. The number of aliphatic imine (C=N–C) groups is 1. The lowest BCUT2D eigenvalue weighted by atomic mass is 10.2. The Morgan fingerprint density at radius 2 is 2.00 bits per heavy atom. The summed E-state index contributed by atoms with van der Waals surface area (Å²) < 4.78 is 0.479. The summed E-state index contributed by atoms with van der Waals surface area (Å²) in [5.41, 5.74) is 0. The maximum Gasteiger partial charge on any atom is 0.331 e. The van der Waals surface area contributed by atoms with E-state index in [4.69, 9.17) is 11.6 Å². The number of halogens is 1. The molecule has 1 saturated heterocycles. The molecule has 2 heterocycles. The Morgan fingerprint density at radius 3 is 2.58 bits per heavy atom. The Morgan fingerprint density at radius 1 is 1.32 bits per heavy atom. The van der Waals surface area contributed by atoms with Gasteiger partial charge in [0.1, 0.15) is 5.84 Å². The molecule has 6 nitrogen and oxygen atoms in total. The van der Waals surface area contributed by atoms with Gasteiger partial charge in [0.05, 0.1) is 15.6 Å². The molecule has 8 heteroatoms. The minimum absolute atomic E-state index is 0.0798. The Bertz CT molecular complexity index is 596. The van der Waals surface area contributed by atoms with E-state index in [2.05, 4.69) is 4.99 Å². The number of urea groups is 1. The van der Waals surface area contributed by atoms with Crippen molar-refractivity contribution >= 4 is 46.6 Å². The highest BCUT2D eigenvalue weighted by Gasteiger charge is 2.32. The number of amides is 4. The second-order valence-corrected chi connectivity index (χ2v) is 5.62. The molecular weight excluding hydrogens is 290 g/mol. The van der Waals surface area contributed by atoms with Gasteiger partial charge in [-0.05, 0) is 12.1 Å². The van der Waals surface area contributed by atoms with E-state index in [-0.39, 0.29) is 18.2 Å². The van der Waals surface area contributed by atoms with Crippen molar-refractivity contribution in [2.45, 2.75) is 6.42 Å². The van der Waals surface area contributed by atoms with E-state index in [0.717, 1.165) is 16.2 Å². The summed E-state index contributed by atoms with van der Waals surface area (Å²) in [6.07, 6.45) is -0.0798. The molecule has 0 radical (unpaired) electrons. The highest BCUT2D eigenvalue weighted by Crippen LogP contribution is 2.22. The molecule has 1 aromatic rings. The monoisotopic (exact) mass is 299 g/mol. The molecule has 0 bridgehead atoms. The third-order valence-corrected chi connectivity index (χ3v) is 3.88. The van der Waals surface area contributed by atoms with Gasteiger partial charge in [0.15, 0.2) is 0 Å². The van der Waals surface area contributed by atoms with Gasteiger partial charge in [-0.25, -0.2) is 4.79 Å². The number of nitrogens with zero attached hydrogens (tertiary/aromatic N) is 3. The van der Waals surface area contributed by atoms with E-state index in [1.807, 2.05) is 0 Å². The summed E-state index contributed by atoms with van der Waals surface area (Å²) >= 11 is 6.83. The molecule has 19 heavy (non-hydrogen) atoms. The lowest BCUT2D eigenvalue weighted by Crippen LogP contribution is -2.51. The van der Waals surface area contributed by atoms with E-state index in [9.17, 15) is 14.4 Å². The minimum Gasteiger partial charge on any atom is -0.284 e. The largest absolute Gasteiger partial charge is 0.331 e. The zero-order chi connectivity index (χ0) is 14.2. The molecule has 2 rings (SSSR count). The number of amidine groups is 1. The van der Waals surface area contributed by atoms with Crippen LogP contribution in [0.3, 0.4) is 0 Å². The summed E-state index contributed by atoms with van der Waals surface area (Å²) in [6, 6.07) is 2.64. The zero-order valence-corrected chi connectivity index (χ0v) is 11.8. The Labute approximate surface area is 118 Å². The van der Waals surface area contributed by atoms with Crippen LogP contribution in [-0.2, 0) is 4.79 Å². The summed E-state index contributed by atoms with van der Waals surface area (Å²) in [7, 11) is 2.86. The maximum absolute atomic E-state index is 11.9. The van der Waals surface area contributed by atoms with Crippen LogP contribution in [0.4, 0.5) is 4.79 Å². The van der Waals surface area contributed by atoms with Gasteiger partial charge in [0.25, 0.3) is 5.91 Å². The third kappa shape index (κ3) is 2.66. The van der Waals surface area contributed by atoms with Crippen LogP contribution in [0.5, 0.6) is 0 Å². The van der Waals surface area contributed by atoms with E-state index < -0.39 is 11.9 Å². The Kier molecular flexibility index (Phi) is 3.68. The van der Waals surface area contributed by atoms with Crippen molar-refractivity contribution in [3.05, 3.63) is 21.3 Å². The lowest BCUT2D eigenvalue weighted by Gasteiger charge is -2.29. The molecule has 0 N–H and O–H groups in total. The number of carbonyl (C=O) groups is 3. The smallest absolute Gasteiger partial charge is 0.284 e. The molecule has 0 aromatic carbocycles. The first-order chi connectivity index (χ1) is 8.90. The van der Waals surface area contributed by atoms with Crippen molar-refractivity contribution in [2.24, 2.45) is 4.99 Å². The van der Waals surface area contributed by atoms with Crippen molar-refractivity contribution in [1.82, 2.24) is 9.80 Å². The molecule has 100 valence electrons. The van der Waals surface area contributed by atoms with Crippen LogP contribution in [0.15, 0.2) is 17.1 Å². The number of hydrogen-bond acceptors (Lipinski definition) is 4. The Hall–Kier alpha value is -1.73. The molecule has 0 atom stereocenters. The summed E-state index contributed by atoms with van der Waals surface area (Å²) in [6.45, 7) is 0. The fourth-order valence-corrected chi connectivity index (χ4v) is 2.46. The number of hydrogen-bond donors (Lipinski definition) is 0. The molecule has 1 aromatic heterocycles. The van der Waals surface area contributed by atoms with Gasteiger partial charge < -0.3 is 0 Å². The number of carbonyl (C=O) groups excluding carboxylic acids is 3. The van der Waals surface area contributed by atoms with Gasteiger partial charge in [-0.2, -0.15) is 4.99 Å². The molecule has 0 unspecified atom stereocenters. The van der Waals surface area contributed by atoms with E-state index in [1.54, 1.807) is 12.1 Å². The van der Waals surface area contributed by atoms with Crippen LogP contribution in [-0.4, -0.2) is 47.6 Å². The molecule has 0 aliphatic carbocycles. The third-order valence-electron chi connectivity index (χ3n) is 2.66. The first-order valence-corrected chi connectivity index (χ1v) is 6.51. The number of rotatable bonds is 1. The quantitative estimate of drug-likeness (QED) is 0.794. The molecule has 4 amide bonds. The molecule has 1 aliphatic heterocycles. The first kappa shape index (κ1) is 13.7. The predicted octanol–water partition coefficient (Wildman–Crippen LogP) is 1.85. The SMILES string of the molecule is CN1C(=O)CC(=NC(=O)c2ccc(Cl)s2)N(C)C1=O. The van der Waals surface area contributed by atoms with Crippen LogP contribution in [0.1, 0.15) is 16.1 Å². The maximum atomic E-state index is 11.9. The van der Waals surface area contributed by atoms with Crippen LogP contribution in [0.2, 0.25) is 4.34 Å². The second-order valence-electron chi connectivity index (χ2n) is 3.91. The predicted molar refractivity (Wildman–Crippen MR) is 71.6 cm³/mol. The highest BCUT2D eigenvalue weighted by atomic mass is 35.5. The first-order valence-electron chi connectivity index (χ1n) is 5.31. The van der Waals surface area contributed by atoms with Crippen LogP contribution >= 0.6 is 22.9 Å². The fourth-order valence-electron chi connectivity index (χ4n) is 1.53. The molecule has 0 spiro atoms. The van der Waals surface area contributed by atoms with Crippen molar-refractivity contribution < 1.29 is 14.4 Å². The minimum atomic E-state index is -0.510. The van der Waals surface area contributed by atoms with Crippen LogP contribution < -0.4 is 0 Å². The lowest BCUT2D eigenvalue weighted by molar-refractivity contribution is -0.127. The average molecular weight is 300 g/mol. The zero-order valence-electron chi connectivity index (χ0n) is 10.2. The van der Waals surface area contributed by atoms with Crippen molar-refractivity contribution in [3.8, 4) is 0 Å². The molecule has 0 saturated carbocycles. The average Bonchev–Trinajstić information content (AvgIpc) is 2.80. The highest BCUT2D eigenvalue weighted by molar-refractivity contribution is 7.18. The van der Waals surface area contributed by atoms with Gasteiger partial charge in [-0.1, -0.05) is 11.6 Å². The van der Waals surface area contributed by atoms with Gasteiger partial charge >= 0.3 is 6.03 Å². The van der Waals surface area contributed by atoms with Crippen LogP contribution in [0.25, 0.3) is 0 Å². The van der Waals surface area contributed by atoms with E-state index in [0.29, 0.717) is 9.21 Å². The number of thiophene rings is 1. The van der Waals surface area contributed by atoms with Crippen LogP contribution in [0, 0.1) is 0 Å². The molecular formula is C11H10ClN3O3S. The van der Waals surface area contributed by atoms with Gasteiger partial charge in [0.2, 0.25) is 5.91 Å². The van der Waals surface area contributed by atoms with Crippen molar-refractivity contribution in [1.29, 1.82) is 0 Å². The fraction of sp³-hybridized carbons (Fsp3) is 0.273. The number of imide groups is 1. The van der Waals surface area contributed by atoms with Gasteiger partial charge in [0, 0.05) is 14.1 Å². The summed E-state index contributed by atoms with van der Waals surface area (Å²) in [4.78, 5) is 41.5.